The van der Waals surface area contributed by atoms with Crippen LogP contribution in [0.1, 0.15) is 30.9 Å². The van der Waals surface area contributed by atoms with Crippen LogP contribution in [0, 0.1) is 11.3 Å². The first-order valence-electron chi connectivity index (χ1n) is 9.01. The zero-order chi connectivity index (χ0) is 21.0. The number of nitrogens with zero attached hydrogens (tertiary/aromatic N) is 2. The minimum Gasteiger partial charge on any atom is -0.493 e. The van der Waals surface area contributed by atoms with Crippen LogP contribution in [-0.2, 0) is 4.79 Å². The van der Waals surface area contributed by atoms with E-state index in [1.807, 2.05) is 36.4 Å². The molecule has 0 spiro atoms. The van der Waals surface area contributed by atoms with Gasteiger partial charge in [-0.15, -0.1) is 0 Å². The molecule has 29 heavy (non-hydrogen) atoms. The van der Waals surface area contributed by atoms with Crippen molar-refractivity contribution in [2.75, 3.05) is 18.6 Å². The Hall–Kier alpha value is -2.82. The van der Waals surface area contributed by atoms with Gasteiger partial charge in [-0.05, 0) is 41.3 Å². The van der Waals surface area contributed by atoms with E-state index in [9.17, 15) is 4.79 Å². The van der Waals surface area contributed by atoms with Gasteiger partial charge in [0.2, 0.25) is 0 Å². The number of para-hydroxylation sites is 1. The van der Waals surface area contributed by atoms with Crippen LogP contribution in [0.5, 0.6) is 11.5 Å². The lowest BCUT2D eigenvalue weighted by atomic mass is 10.0. The molecule has 1 saturated heterocycles. The van der Waals surface area contributed by atoms with E-state index in [1.165, 1.54) is 18.9 Å². The first-order valence-corrected chi connectivity index (χ1v) is 10.2. The Balaban J connectivity index is 1.92. The Morgan fingerprint density at radius 1 is 1.24 bits per heavy atom. The predicted molar refractivity (Wildman–Crippen MR) is 120 cm³/mol. The van der Waals surface area contributed by atoms with Crippen LogP contribution in [-0.4, -0.2) is 23.9 Å². The van der Waals surface area contributed by atoms with Crippen molar-refractivity contribution in [1.29, 1.82) is 5.26 Å². The Kier molecular flexibility index (Phi) is 6.57. The Labute approximate surface area is 179 Å². The SMILES string of the molecule is COc1cc(/C=C2/SC(=S)N(c3ccccc3C(C)C)C2=O)ccc1OCC#N. The van der Waals surface area contributed by atoms with Crippen molar-refractivity contribution in [3.63, 3.8) is 0 Å². The van der Waals surface area contributed by atoms with Crippen molar-refractivity contribution < 1.29 is 14.3 Å². The quantitative estimate of drug-likeness (QED) is 0.473. The van der Waals surface area contributed by atoms with Gasteiger partial charge < -0.3 is 9.47 Å². The smallest absolute Gasteiger partial charge is 0.270 e. The molecule has 0 atom stereocenters. The van der Waals surface area contributed by atoms with Crippen LogP contribution in [0.15, 0.2) is 47.4 Å². The Bertz CT molecular complexity index is 1020. The first-order chi connectivity index (χ1) is 14.0. The fourth-order valence-corrected chi connectivity index (χ4v) is 4.29. The number of ether oxygens (including phenoxy) is 2. The lowest BCUT2D eigenvalue weighted by Gasteiger charge is -2.20. The molecular formula is C22H20N2O3S2. The molecule has 1 amide bonds. The molecule has 148 valence electrons. The number of benzene rings is 2. The van der Waals surface area contributed by atoms with Crippen molar-refractivity contribution in [2.24, 2.45) is 0 Å². The molecule has 0 bridgehead atoms. The minimum atomic E-state index is -0.142. The van der Waals surface area contributed by atoms with E-state index in [-0.39, 0.29) is 18.4 Å². The number of thiocarbonyl (C=S) groups is 1. The minimum absolute atomic E-state index is 0.0658. The van der Waals surface area contributed by atoms with Gasteiger partial charge in [0.1, 0.15) is 6.07 Å². The topological polar surface area (TPSA) is 62.6 Å². The van der Waals surface area contributed by atoms with Crippen molar-refractivity contribution in [3.8, 4) is 17.6 Å². The number of carbonyl (C=O) groups excluding carboxylic acids is 1. The van der Waals surface area contributed by atoms with Gasteiger partial charge in [0.15, 0.2) is 22.4 Å². The summed E-state index contributed by atoms with van der Waals surface area (Å²) in [4.78, 5) is 15.3. The molecule has 2 aromatic carbocycles. The molecule has 0 aliphatic carbocycles. The molecule has 1 aliphatic rings. The summed E-state index contributed by atoms with van der Waals surface area (Å²) in [5, 5.41) is 8.68. The average Bonchev–Trinajstić information content (AvgIpc) is 2.99. The Morgan fingerprint density at radius 2 is 2.00 bits per heavy atom. The van der Waals surface area contributed by atoms with Gasteiger partial charge in [-0.25, -0.2) is 0 Å². The van der Waals surface area contributed by atoms with Crippen molar-refractivity contribution >= 4 is 46.0 Å². The van der Waals surface area contributed by atoms with Gasteiger partial charge in [0, 0.05) is 0 Å². The number of amides is 1. The van der Waals surface area contributed by atoms with Gasteiger partial charge in [-0.1, -0.05) is 62.1 Å². The zero-order valence-electron chi connectivity index (χ0n) is 16.3. The molecule has 0 radical (unpaired) electrons. The molecule has 0 unspecified atom stereocenters. The summed E-state index contributed by atoms with van der Waals surface area (Å²) >= 11 is 6.79. The molecule has 0 saturated carbocycles. The molecule has 7 heteroatoms. The van der Waals surface area contributed by atoms with Crippen LogP contribution < -0.4 is 14.4 Å². The third-order valence-electron chi connectivity index (χ3n) is 4.37. The number of methoxy groups -OCH3 is 1. The van der Waals surface area contributed by atoms with E-state index < -0.39 is 0 Å². The normalized spacial score (nSPS) is 15.1. The maximum Gasteiger partial charge on any atom is 0.270 e. The third kappa shape index (κ3) is 4.44. The fourth-order valence-electron chi connectivity index (χ4n) is 3.01. The summed E-state index contributed by atoms with van der Waals surface area (Å²) in [6, 6.07) is 15.0. The number of nitriles is 1. The van der Waals surface area contributed by atoms with Crippen LogP contribution >= 0.6 is 24.0 Å². The van der Waals surface area contributed by atoms with Crippen molar-refractivity contribution in [1.82, 2.24) is 0 Å². The largest absolute Gasteiger partial charge is 0.493 e. The van der Waals surface area contributed by atoms with E-state index in [2.05, 4.69) is 13.8 Å². The first kappa shape index (κ1) is 20.9. The maximum atomic E-state index is 13.1. The van der Waals surface area contributed by atoms with Gasteiger partial charge >= 0.3 is 0 Å². The van der Waals surface area contributed by atoms with Gasteiger partial charge in [-0.3, -0.25) is 9.69 Å². The van der Waals surface area contributed by atoms with Crippen molar-refractivity contribution in [3.05, 3.63) is 58.5 Å². The van der Waals surface area contributed by atoms with Crippen LogP contribution in [0.25, 0.3) is 6.08 Å². The fraction of sp³-hybridized carbons (Fsp3) is 0.227. The summed E-state index contributed by atoms with van der Waals surface area (Å²) in [7, 11) is 1.53. The maximum absolute atomic E-state index is 13.1. The monoisotopic (exact) mass is 424 g/mol. The lowest BCUT2D eigenvalue weighted by Crippen LogP contribution is -2.28. The number of anilines is 1. The van der Waals surface area contributed by atoms with Crippen LogP contribution in [0.3, 0.4) is 0 Å². The second kappa shape index (κ2) is 9.12. The van der Waals surface area contributed by atoms with Crippen LogP contribution in [0.4, 0.5) is 5.69 Å². The molecule has 0 N–H and O–H groups in total. The lowest BCUT2D eigenvalue weighted by molar-refractivity contribution is -0.113. The summed E-state index contributed by atoms with van der Waals surface area (Å²) in [6.07, 6.45) is 1.79. The molecule has 1 heterocycles. The Morgan fingerprint density at radius 3 is 2.69 bits per heavy atom. The second-order valence-corrected chi connectivity index (χ2v) is 8.26. The van der Waals surface area contributed by atoms with E-state index in [1.54, 1.807) is 23.1 Å². The van der Waals surface area contributed by atoms with E-state index in [0.717, 1.165) is 16.8 Å². The van der Waals surface area contributed by atoms with E-state index in [0.29, 0.717) is 20.7 Å². The summed E-state index contributed by atoms with van der Waals surface area (Å²) in [5.74, 6) is 1.10. The molecule has 5 nitrogen and oxygen atoms in total. The standard InChI is InChI=1S/C22H20N2O3S2/c1-14(2)16-6-4-5-7-17(16)24-21(25)20(29-22(24)28)13-15-8-9-18(27-11-10-23)19(12-15)26-3/h4-9,12-14H,11H2,1-3H3/b20-13+. The second-order valence-electron chi connectivity index (χ2n) is 6.59. The summed E-state index contributed by atoms with van der Waals surface area (Å²) in [5.41, 5.74) is 2.68. The molecule has 3 rings (SSSR count). The molecule has 2 aromatic rings. The molecule has 1 aliphatic heterocycles. The predicted octanol–water partition coefficient (Wildman–Crippen LogP) is 5.13. The van der Waals surface area contributed by atoms with Gasteiger partial charge in [-0.2, -0.15) is 5.26 Å². The summed E-state index contributed by atoms with van der Waals surface area (Å²) < 4.78 is 11.2. The highest BCUT2D eigenvalue weighted by Crippen LogP contribution is 2.39. The highest BCUT2D eigenvalue weighted by molar-refractivity contribution is 8.27. The summed E-state index contributed by atoms with van der Waals surface area (Å²) in [6.45, 7) is 4.12. The molecular weight excluding hydrogens is 404 g/mol. The van der Waals surface area contributed by atoms with Gasteiger partial charge in [0.05, 0.1) is 17.7 Å². The highest BCUT2D eigenvalue weighted by atomic mass is 32.2. The highest BCUT2D eigenvalue weighted by Gasteiger charge is 2.34. The van der Waals surface area contributed by atoms with E-state index >= 15 is 0 Å². The number of carbonyl (C=O) groups is 1. The number of rotatable bonds is 6. The molecule has 0 aromatic heterocycles. The number of hydrogen-bond donors (Lipinski definition) is 0. The average molecular weight is 425 g/mol. The number of thioether (sulfide) groups is 1. The van der Waals surface area contributed by atoms with E-state index in [4.69, 9.17) is 27.0 Å². The number of hydrogen-bond acceptors (Lipinski definition) is 6. The third-order valence-corrected chi connectivity index (χ3v) is 5.67. The van der Waals surface area contributed by atoms with Gasteiger partial charge in [0.25, 0.3) is 5.91 Å². The van der Waals surface area contributed by atoms with Crippen LogP contribution in [0.2, 0.25) is 0 Å². The molecule has 1 fully saturated rings. The zero-order valence-corrected chi connectivity index (χ0v) is 18.0. The van der Waals surface area contributed by atoms with Crippen molar-refractivity contribution in [2.45, 2.75) is 19.8 Å².